The SMILES string of the molecule is FC(F)(F)[C@H](Nc1ccc(-c2cc3c(N4CCOCC4)ncnc3[nH]2)cc1)C1CCN(C2CCNC2)CC1. The minimum absolute atomic E-state index is 0.439. The number of morpholine rings is 1. The first-order valence-corrected chi connectivity index (χ1v) is 13.5. The molecule has 204 valence electrons. The Morgan fingerprint density at radius 2 is 1.76 bits per heavy atom. The summed E-state index contributed by atoms with van der Waals surface area (Å²) in [5.74, 6) is 0.425. The number of halogens is 3. The van der Waals surface area contributed by atoms with Gasteiger partial charge in [0, 0.05) is 37.1 Å². The molecule has 3 saturated heterocycles. The second-order valence-electron chi connectivity index (χ2n) is 10.5. The monoisotopic (exact) mass is 529 g/mol. The zero-order valence-electron chi connectivity index (χ0n) is 21.3. The highest BCUT2D eigenvalue weighted by Gasteiger charge is 2.46. The van der Waals surface area contributed by atoms with Crippen molar-refractivity contribution < 1.29 is 17.9 Å². The third-order valence-electron chi connectivity index (χ3n) is 8.18. The van der Waals surface area contributed by atoms with E-state index in [2.05, 4.69) is 35.4 Å². The Kier molecular flexibility index (Phi) is 7.15. The van der Waals surface area contributed by atoms with Crippen LogP contribution in [0, 0.1) is 5.92 Å². The number of alkyl halides is 3. The van der Waals surface area contributed by atoms with Crippen LogP contribution in [0.25, 0.3) is 22.3 Å². The second kappa shape index (κ2) is 10.7. The summed E-state index contributed by atoms with van der Waals surface area (Å²) in [5.41, 5.74) is 2.94. The fraction of sp³-hybridized carbons (Fsp3) is 0.556. The molecule has 3 aliphatic rings. The number of nitrogens with zero attached hydrogens (tertiary/aromatic N) is 4. The van der Waals surface area contributed by atoms with Crippen LogP contribution in [-0.2, 0) is 4.74 Å². The molecule has 3 aromatic rings. The van der Waals surface area contributed by atoms with E-state index in [1.165, 1.54) is 0 Å². The molecule has 1 unspecified atom stereocenters. The third kappa shape index (κ3) is 5.32. The standard InChI is InChI=1S/C27H34F3N7O/c28-27(29,30)24(19-6-9-36(10-7-19)21-5-8-31-16-21)34-20-3-1-18(2-4-20)23-15-22-25(35-23)32-17-33-26(22)37-11-13-38-14-12-37/h1-4,15,17,19,21,24,31,34H,5-14,16H2,(H,32,33,35)/t21?,24-/m1/s1. The van der Waals surface area contributed by atoms with Gasteiger partial charge in [-0.2, -0.15) is 13.2 Å². The van der Waals surface area contributed by atoms with Crippen molar-refractivity contribution in [1.82, 2.24) is 25.2 Å². The van der Waals surface area contributed by atoms with Crippen molar-refractivity contribution in [1.29, 1.82) is 0 Å². The molecule has 6 rings (SSSR count). The van der Waals surface area contributed by atoms with E-state index >= 15 is 0 Å². The highest BCUT2D eigenvalue weighted by atomic mass is 19.4. The topological polar surface area (TPSA) is 81.3 Å². The number of aromatic amines is 1. The maximum Gasteiger partial charge on any atom is 0.408 e. The molecular formula is C27H34F3N7O. The zero-order chi connectivity index (χ0) is 26.1. The normalized spacial score (nSPS) is 22.7. The molecule has 8 nitrogen and oxygen atoms in total. The summed E-state index contributed by atoms with van der Waals surface area (Å²) in [6.45, 7) is 6.23. The summed E-state index contributed by atoms with van der Waals surface area (Å²) >= 11 is 0. The molecule has 3 fully saturated rings. The lowest BCUT2D eigenvalue weighted by Gasteiger charge is -2.39. The molecule has 0 saturated carbocycles. The smallest absolute Gasteiger partial charge is 0.378 e. The van der Waals surface area contributed by atoms with E-state index in [9.17, 15) is 13.2 Å². The van der Waals surface area contributed by atoms with Gasteiger partial charge in [-0.3, -0.25) is 4.90 Å². The molecule has 3 N–H and O–H groups in total. The van der Waals surface area contributed by atoms with Gasteiger partial charge < -0.3 is 25.3 Å². The maximum atomic E-state index is 14.1. The number of benzene rings is 1. The molecule has 2 aromatic heterocycles. The Labute approximate surface area is 220 Å². The lowest BCUT2D eigenvalue weighted by atomic mass is 9.88. The Hall–Kier alpha value is -2.89. The van der Waals surface area contributed by atoms with E-state index in [1.807, 2.05) is 18.2 Å². The summed E-state index contributed by atoms with van der Waals surface area (Å²) < 4.78 is 47.8. The number of piperidine rings is 1. The molecule has 0 aliphatic carbocycles. The quantitative estimate of drug-likeness (QED) is 0.447. The van der Waals surface area contributed by atoms with Crippen molar-refractivity contribution in [3.8, 4) is 11.3 Å². The van der Waals surface area contributed by atoms with E-state index in [0.29, 0.717) is 37.8 Å². The van der Waals surface area contributed by atoms with Gasteiger partial charge >= 0.3 is 6.18 Å². The molecule has 38 heavy (non-hydrogen) atoms. The van der Waals surface area contributed by atoms with Gasteiger partial charge in [0.25, 0.3) is 0 Å². The number of nitrogens with one attached hydrogen (secondary N) is 3. The van der Waals surface area contributed by atoms with Crippen molar-refractivity contribution >= 4 is 22.5 Å². The molecular weight excluding hydrogens is 495 g/mol. The van der Waals surface area contributed by atoms with Crippen molar-refractivity contribution in [2.24, 2.45) is 5.92 Å². The minimum atomic E-state index is -4.31. The van der Waals surface area contributed by atoms with Crippen molar-refractivity contribution in [2.45, 2.75) is 37.5 Å². The molecule has 0 amide bonds. The second-order valence-corrected chi connectivity index (χ2v) is 10.5. The number of hydrogen-bond acceptors (Lipinski definition) is 7. The molecule has 0 bridgehead atoms. The predicted octanol–water partition coefficient (Wildman–Crippen LogP) is 3.88. The first-order valence-electron chi connectivity index (χ1n) is 13.5. The summed E-state index contributed by atoms with van der Waals surface area (Å²) in [6.07, 6.45) is -0.588. The first-order chi connectivity index (χ1) is 18.5. The van der Waals surface area contributed by atoms with E-state index in [1.54, 1.807) is 18.5 Å². The average Bonchev–Trinajstić information content (AvgIpc) is 3.63. The number of ether oxygens (including phenoxy) is 1. The average molecular weight is 530 g/mol. The van der Waals surface area contributed by atoms with Crippen LogP contribution >= 0.6 is 0 Å². The van der Waals surface area contributed by atoms with Crippen molar-refractivity contribution in [2.75, 3.05) is 62.7 Å². The fourth-order valence-corrected chi connectivity index (χ4v) is 6.07. The fourth-order valence-electron chi connectivity index (χ4n) is 6.07. The van der Waals surface area contributed by atoms with Gasteiger partial charge in [-0.1, -0.05) is 12.1 Å². The molecule has 0 spiro atoms. The van der Waals surface area contributed by atoms with Gasteiger partial charge in [-0.15, -0.1) is 0 Å². The van der Waals surface area contributed by atoms with Gasteiger partial charge in [0.1, 0.15) is 23.8 Å². The number of rotatable bonds is 6. The van der Waals surface area contributed by atoms with E-state index in [-0.39, 0.29) is 0 Å². The number of H-pyrrole nitrogens is 1. The van der Waals surface area contributed by atoms with Crippen LogP contribution in [0.4, 0.5) is 24.7 Å². The Morgan fingerprint density at radius 1 is 1.00 bits per heavy atom. The number of anilines is 2. The van der Waals surface area contributed by atoms with Crippen molar-refractivity contribution in [3.05, 3.63) is 36.7 Å². The molecule has 1 aromatic carbocycles. The van der Waals surface area contributed by atoms with Crippen LogP contribution < -0.4 is 15.5 Å². The summed E-state index contributed by atoms with van der Waals surface area (Å²) in [5, 5.41) is 7.10. The van der Waals surface area contributed by atoms with Crippen LogP contribution in [0.1, 0.15) is 19.3 Å². The number of aromatic nitrogens is 3. The summed E-state index contributed by atoms with van der Waals surface area (Å²) in [4.78, 5) is 16.8. The lowest BCUT2D eigenvalue weighted by molar-refractivity contribution is -0.157. The van der Waals surface area contributed by atoms with Crippen molar-refractivity contribution in [3.63, 3.8) is 0 Å². The molecule has 5 heterocycles. The van der Waals surface area contributed by atoms with E-state index < -0.39 is 18.1 Å². The van der Waals surface area contributed by atoms with E-state index in [4.69, 9.17) is 4.74 Å². The van der Waals surface area contributed by atoms with Crippen LogP contribution in [0.5, 0.6) is 0 Å². The lowest BCUT2D eigenvalue weighted by Crippen LogP contribution is -2.49. The number of hydrogen-bond donors (Lipinski definition) is 3. The predicted molar refractivity (Wildman–Crippen MR) is 141 cm³/mol. The van der Waals surface area contributed by atoms with Crippen LogP contribution in [0.3, 0.4) is 0 Å². The van der Waals surface area contributed by atoms with Gasteiger partial charge in [0.15, 0.2) is 0 Å². The van der Waals surface area contributed by atoms with Crippen LogP contribution in [-0.4, -0.2) is 90.6 Å². The molecule has 2 atom stereocenters. The highest BCUT2D eigenvalue weighted by Crippen LogP contribution is 2.36. The van der Waals surface area contributed by atoms with Crippen LogP contribution in [0.2, 0.25) is 0 Å². The highest BCUT2D eigenvalue weighted by molar-refractivity contribution is 5.92. The molecule has 0 radical (unpaired) electrons. The van der Waals surface area contributed by atoms with Gasteiger partial charge in [0.2, 0.25) is 0 Å². The summed E-state index contributed by atoms with van der Waals surface area (Å²) in [7, 11) is 0. The summed E-state index contributed by atoms with van der Waals surface area (Å²) in [6, 6.07) is 8.06. The largest absolute Gasteiger partial charge is 0.408 e. The van der Waals surface area contributed by atoms with Gasteiger partial charge in [-0.25, -0.2) is 9.97 Å². The first kappa shape index (κ1) is 25.4. The van der Waals surface area contributed by atoms with Gasteiger partial charge in [0.05, 0.1) is 18.6 Å². The molecule has 11 heteroatoms. The van der Waals surface area contributed by atoms with Gasteiger partial charge in [-0.05, 0) is 68.6 Å². The molecule has 3 aliphatic heterocycles. The minimum Gasteiger partial charge on any atom is -0.378 e. The maximum absolute atomic E-state index is 14.1. The zero-order valence-corrected chi connectivity index (χ0v) is 21.3. The Morgan fingerprint density at radius 3 is 2.45 bits per heavy atom. The third-order valence-corrected chi connectivity index (χ3v) is 8.18. The number of fused-ring (bicyclic) bond motifs is 1. The number of likely N-dealkylation sites (tertiary alicyclic amines) is 1. The van der Waals surface area contributed by atoms with E-state index in [0.717, 1.165) is 73.8 Å². The van der Waals surface area contributed by atoms with Crippen LogP contribution in [0.15, 0.2) is 36.7 Å². The Balaban J connectivity index is 1.15. The Bertz CT molecular complexity index is 1210.